The zero-order chi connectivity index (χ0) is 11.4. The summed E-state index contributed by atoms with van der Waals surface area (Å²) in [7, 11) is 0. The molecule has 0 saturated carbocycles. The number of rotatable bonds is 0. The van der Waals surface area contributed by atoms with E-state index in [9.17, 15) is 19.8 Å². The van der Waals surface area contributed by atoms with Gasteiger partial charge in [0.1, 0.15) is 12.2 Å². The van der Waals surface area contributed by atoms with Gasteiger partial charge in [0, 0.05) is 18.2 Å². The van der Waals surface area contributed by atoms with Crippen LogP contribution >= 0.6 is 0 Å². The minimum Gasteiger partial charge on any atom is -0.388 e. The van der Waals surface area contributed by atoms with Crippen LogP contribution in [0.2, 0.25) is 0 Å². The van der Waals surface area contributed by atoms with Crippen LogP contribution < -0.4 is 11.2 Å². The highest BCUT2D eigenvalue weighted by Gasteiger charge is 2.48. The molecule has 1 aromatic rings. The molecule has 7 heteroatoms. The summed E-state index contributed by atoms with van der Waals surface area (Å²) in [5.41, 5.74) is -0.633. The molecule has 0 amide bonds. The van der Waals surface area contributed by atoms with Crippen LogP contribution in [0.3, 0.4) is 0 Å². The first-order valence-electron chi connectivity index (χ1n) is 4.94. The van der Waals surface area contributed by atoms with Gasteiger partial charge in [-0.2, -0.15) is 0 Å². The van der Waals surface area contributed by atoms with Gasteiger partial charge in [0.25, 0.3) is 5.56 Å². The predicted molar refractivity (Wildman–Crippen MR) is 51.0 cm³/mol. The molecule has 2 bridgehead atoms. The number of hydrogen-bond acceptors (Lipinski definition) is 5. The van der Waals surface area contributed by atoms with Gasteiger partial charge in [-0.1, -0.05) is 0 Å². The molecule has 7 nitrogen and oxygen atoms in total. The number of aliphatic hydroxyl groups is 2. The van der Waals surface area contributed by atoms with Crippen LogP contribution in [0.25, 0.3) is 0 Å². The fraction of sp³-hybridized carbons (Fsp3) is 0.556. The summed E-state index contributed by atoms with van der Waals surface area (Å²) < 4.78 is 6.49. The van der Waals surface area contributed by atoms with Crippen LogP contribution in [0, 0.1) is 0 Å². The van der Waals surface area contributed by atoms with Crippen molar-refractivity contribution in [3.63, 3.8) is 0 Å². The van der Waals surface area contributed by atoms with Crippen molar-refractivity contribution in [1.82, 2.24) is 9.55 Å². The van der Waals surface area contributed by atoms with Crippen molar-refractivity contribution in [3.05, 3.63) is 32.6 Å². The quantitative estimate of drug-likeness (QED) is 0.462. The molecule has 3 rings (SSSR count). The van der Waals surface area contributed by atoms with E-state index in [2.05, 4.69) is 4.98 Å². The monoisotopic (exact) mass is 226 g/mol. The van der Waals surface area contributed by atoms with Crippen molar-refractivity contribution in [1.29, 1.82) is 0 Å². The first kappa shape index (κ1) is 9.76. The minimum absolute atomic E-state index is 0.244. The molecule has 0 radical (unpaired) electrons. The third-order valence-electron chi connectivity index (χ3n) is 3.06. The third-order valence-corrected chi connectivity index (χ3v) is 3.06. The molecule has 1 aromatic heterocycles. The molecule has 4 atom stereocenters. The SMILES string of the molecule is O=c1cc2n(c(=O)[nH]1)[C@@H]1O[C@H](C2)C(O)C1O. The van der Waals surface area contributed by atoms with Crippen molar-refractivity contribution < 1.29 is 14.9 Å². The standard InChI is InChI=1S/C9H10N2O5/c12-5-2-3-1-4-6(13)7(14)8(16-4)11(3)9(15)10-5/h2,4,6-8,13-14H,1H2,(H,10,12,15)/t4-,6?,7?,8-/m1/s1. The maximum absolute atomic E-state index is 11.6. The lowest BCUT2D eigenvalue weighted by Gasteiger charge is -2.25. The second-order valence-electron chi connectivity index (χ2n) is 4.05. The molecule has 2 aliphatic heterocycles. The minimum atomic E-state index is -1.14. The van der Waals surface area contributed by atoms with E-state index in [0.29, 0.717) is 5.69 Å². The van der Waals surface area contributed by atoms with E-state index < -0.39 is 35.8 Å². The highest BCUT2D eigenvalue weighted by atomic mass is 16.6. The second-order valence-corrected chi connectivity index (χ2v) is 4.05. The topological polar surface area (TPSA) is 105 Å². The number of H-pyrrole nitrogens is 1. The highest BCUT2D eigenvalue weighted by Crippen LogP contribution is 2.34. The molecular weight excluding hydrogens is 216 g/mol. The summed E-state index contributed by atoms with van der Waals surface area (Å²) in [5, 5.41) is 19.3. The Kier molecular flexibility index (Phi) is 1.85. The average molecular weight is 226 g/mol. The Morgan fingerprint density at radius 1 is 1.38 bits per heavy atom. The van der Waals surface area contributed by atoms with Gasteiger partial charge in [-0.25, -0.2) is 4.79 Å². The van der Waals surface area contributed by atoms with E-state index in [-0.39, 0.29) is 6.42 Å². The summed E-state index contributed by atoms with van der Waals surface area (Å²) in [6.07, 6.45) is -3.39. The Hall–Kier alpha value is -1.44. The van der Waals surface area contributed by atoms with Crippen LogP contribution in [0.5, 0.6) is 0 Å². The van der Waals surface area contributed by atoms with Gasteiger partial charge in [0.05, 0.1) is 6.10 Å². The van der Waals surface area contributed by atoms with Crippen molar-refractivity contribution in [2.24, 2.45) is 0 Å². The molecule has 0 aliphatic carbocycles. The summed E-state index contributed by atoms with van der Waals surface area (Å²) in [6.45, 7) is 0. The number of aromatic nitrogens is 2. The van der Waals surface area contributed by atoms with Crippen LogP contribution in [0.1, 0.15) is 11.9 Å². The van der Waals surface area contributed by atoms with Crippen molar-refractivity contribution >= 4 is 0 Å². The van der Waals surface area contributed by atoms with Gasteiger partial charge in [-0.3, -0.25) is 14.3 Å². The number of hydrogen-bond donors (Lipinski definition) is 3. The summed E-state index contributed by atoms with van der Waals surface area (Å²) in [5.74, 6) is 0. The molecule has 1 fully saturated rings. The van der Waals surface area contributed by atoms with Gasteiger partial charge < -0.3 is 14.9 Å². The fourth-order valence-corrected chi connectivity index (χ4v) is 2.31. The number of aromatic amines is 1. The Balaban J connectivity index is 2.23. The van der Waals surface area contributed by atoms with Gasteiger partial charge in [0.15, 0.2) is 6.23 Å². The van der Waals surface area contributed by atoms with Gasteiger partial charge in [-0.15, -0.1) is 0 Å². The molecule has 3 N–H and O–H groups in total. The Bertz CT molecular complexity index is 548. The number of nitrogens with zero attached hydrogens (tertiary/aromatic N) is 1. The molecule has 0 aromatic carbocycles. The van der Waals surface area contributed by atoms with E-state index >= 15 is 0 Å². The van der Waals surface area contributed by atoms with Gasteiger partial charge in [0.2, 0.25) is 0 Å². The van der Waals surface area contributed by atoms with Crippen LogP contribution in [0.15, 0.2) is 15.7 Å². The van der Waals surface area contributed by atoms with Crippen LogP contribution in [-0.2, 0) is 11.2 Å². The average Bonchev–Trinajstić information content (AvgIpc) is 2.43. The molecule has 0 spiro atoms. The maximum Gasteiger partial charge on any atom is 0.330 e. The lowest BCUT2D eigenvalue weighted by Crippen LogP contribution is -2.40. The number of aliphatic hydroxyl groups excluding tert-OH is 2. The Morgan fingerprint density at radius 3 is 2.88 bits per heavy atom. The van der Waals surface area contributed by atoms with Crippen LogP contribution in [-0.4, -0.2) is 38.1 Å². The van der Waals surface area contributed by atoms with E-state index in [1.54, 1.807) is 0 Å². The molecule has 1 saturated heterocycles. The van der Waals surface area contributed by atoms with Gasteiger partial charge in [-0.05, 0) is 0 Å². The molecule has 86 valence electrons. The van der Waals surface area contributed by atoms with E-state index in [4.69, 9.17) is 4.74 Å². The maximum atomic E-state index is 11.6. The second kappa shape index (κ2) is 3.03. The van der Waals surface area contributed by atoms with E-state index in [0.717, 1.165) is 0 Å². The Morgan fingerprint density at radius 2 is 2.12 bits per heavy atom. The Labute approximate surface area is 88.9 Å². The normalized spacial score (nSPS) is 36.1. The van der Waals surface area contributed by atoms with E-state index in [1.807, 2.05) is 0 Å². The number of fused-ring (bicyclic) bond motifs is 4. The molecule has 16 heavy (non-hydrogen) atoms. The smallest absolute Gasteiger partial charge is 0.330 e. The first-order valence-corrected chi connectivity index (χ1v) is 4.94. The number of ether oxygens (including phenoxy) is 1. The summed E-state index contributed by atoms with van der Waals surface area (Å²) in [6, 6.07) is 1.29. The van der Waals surface area contributed by atoms with E-state index in [1.165, 1.54) is 10.6 Å². The summed E-state index contributed by atoms with van der Waals surface area (Å²) in [4.78, 5) is 24.8. The molecule has 2 unspecified atom stereocenters. The van der Waals surface area contributed by atoms with Crippen LogP contribution in [0.4, 0.5) is 0 Å². The molecule has 3 heterocycles. The zero-order valence-electron chi connectivity index (χ0n) is 8.16. The van der Waals surface area contributed by atoms with Crippen molar-refractivity contribution in [2.75, 3.05) is 0 Å². The molecular formula is C9H10N2O5. The third kappa shape index (κ3) is 1.13. The lowest BCUT2D eigenvalue weighted by atomic mass is 10.1. The van der Waals surface area contributed by atoms with Crippen molar-refractivity contribution in [3.8, 4) is 0 Å². The first-order chi connectivity index (χ1) is 7.58. The highest BCUT2D eigenvalue weighted by molar-refractivity contribution is 5.12. The zero-order valence-corrected chi connectivity index (χ0v) is 8.16. The van der Waals surface area contributed by atoms with Crippen molar-refractivity contribution in [2.45, 2.75) is 31.0 Å². The number of nitrogens with one attached hydrogen (secondary N) is 1. The predicted octanol–water partition coefficient (Wildman–Crippen LogP) is -2.29. The lowest BCUT2D eigenvalue weighted by molar-refractivity contribution is -0.0575. The summed E-state index contributed by atoms with van der Waals surface area (Å²) >= 11 is 0. The molecule has 2 aliphatic rings. The van der Waals surface area contributed by atoms with Gasteiger partial charge >= 0.3 is 5.69 Å². The largest absolute Gasteiger partial charge is 0.388 e. The fourth-order valence-electron chi connectivity index (χ4n) is 2.31.